The van der Waals surface area contributed by atoms with Crippen LogP contribution in [-0.2, 0) is 19.8 Å². The van der Waals surface area contributed by atoms with Crippen LogP contribution in [0.25, 0.3) is 0 Å². The molecular formula is C25H38N2O3. The Kier molecular flexibility index (Phi) is 7.84. The monoisotopic (exact) mass is 414 g/mol. The van der Waals surface area contributed by atoms with Gasteiger partial charge in [-0.1, -0.05) is 53.7 Å². The molecule has 0 aliphatic carbocycles. The van der Waals surface area contributed by atoms with E-state index in [-0.39, 0.29) is 47.4 Å². The van der Waals surface area contributed by atoms with E-state index in [4.69, 9.17) is 0 Å². The first-order valence-electron chi connectivity index (χ1n) is 11.2. The summed E-state index contributed by atoms with van der Waals surface area (Å²) in [6.45, 7) is 14.5. The van der Waals surface area contributed by atoms with Gasteiger partial charge in [0.2, 0.25) is 17.7 Å². The largest absolute Gasteiger partial charge is 0.354 e. The van der Waals surface area contributed by atoms with Gasteiger partial charge in [-0.15, -0.1) is 0 Å². The third-order valence-corrected chi connectivity index (χ3v) is 6.08. The smallest absolute Gasteiger partial charge is 0.237 e. The van der Waals surface area contributed by atoms with Crippen LogP contribution in [0, 0.1) is 17.8 Å². The lowest BCUT2D eigenvalue weighted by Gasteiger charge is -2.26. The molecule has 0 aromatic heterocycles. The van der Waals surface area contributed by atoms with Crippen LogP contribution in [0.15, 0.2) is 24.3 Å². The van der Waals surface area contributed by atoms with Gasteiger partial charge in [0, 0.05) is 18.9 Å². The maximum atomic E-state index is 12.6. The molecule has 1 N–H and O–H groups in total. The molecule has 0 radical (unpaired) electrons. The lowest BCUT2D eigenvalue weighted by molar-refractivity contribution is -0.123. The lowest BCUT2D eigenvalue weighted by atomic mass is 9.81. The molecule has 1 aromatic carbocycles. The molecular weight excluding hydrogens is 376 g/mol. The number of hydrogen-bond donors (Lipinski definition) is 1. The minimum atomic E-state index is -0.347. The Morgan fingerprint density at radius 2 is 1.67 bits per heavy atom. The van der Waals surface area contributed by atoms with Crippen molar-refractivity contribution < 1.29 is 14.4 Å². The van der Waals surface area contributed by atoms with Crippen molar-refractivity contribution in [3.63, 3.8) is 0 Å². The molecule has 3 amide bonds. The lowest BCUT2D eigenvalue weighted by Crippen LogP contribution is -2.36. The minimum Gasteiger partial charge on any atom is -0.354 e. The zero-order valence-corrected chi connectivity index (χ0v) is 19.6. The van der Waals surface area contributed by atoms with Crippen LogP contribution >= 0.6 is 0 Å². The number of carbonyl (C=O) groups is 3. The van der Waals surface area contributed by atoms with Crippen LogP contribution in [0.5, 0.6) is 0 Å². The third kappa shape index (κ3) is 5.93. The van der Waals surface area contributed by atoms with Gasteiger partial charge in [0.25, 0.3) is 0 Å². The summed E-state index contributed by atoms with van der Waals surface area (Å²) >= 11 is 0. The van der Waals surface area contributed by atoms with E-state index in [1.807, 2.05) is 52.0 Å². The van der Waals surface area contributed by atoms with Gasteiger partial charge in [0.1, 0.15) is 0 Å². The molecule has 1 heterocycles. The highest BCUT2D eigenvalue weighted by Gasteiger charge is 2.41. The van der Waals surface area contributed by atoms with Crippen molar-refractivity contribution in [2.75, 3.05) is 4.90 Å². The molecule has 30 heavy (non-hydrogen) atoms. The highest BCUT2D eigenvalue weighted by atomic mass is 16.2. The Morgan fingerprint density at radius 1 is 1.07 bits per heavy atom. The van der Waals surface area contributed by atoms with Crippen LogP contribution in [-0.4, -0.2) is 23.8 Å². The summed E-state index contributed by atoms with van der Waals surface area (Å²) in [4.78, 5) is 38.9. The van der Waals surface area contributed by atoms with Crippen molar-refractivity contribution in [1.82, 2.24) is 5.32 Å². The second-order valence-corrected chi connectivity index (χ2v) is 10.2. The second-order valence-electron chi connectivity index (χ2n) is 10.2. The van der Waals surface area contributed by atoms with Crippen molar-refractivity contribution in [3.8, 4) is 0 Å². The van der Waals surface area contributed by atoms with Gasteiger partial charge >= 0.3 is 0 Å². The Hall–Kier alpha value is -2.17. The summed E-state index contributed by atoms with van der Waals surface area (Å²) in [5.41, 5.74) is 1.27. The van der Waals surface area contributed by atoms with Crippen LogP contribution < -0.4 is 10.2 Å². The normalized spacial score (nSPS) is 18.4. The highest BCUT2D eigenvalue weighted by molar-refractivity contribution is 6.21. The fourth-order valence-electron chi connectivity index (χ4n) is 3.99. The Bertz CT molecular complexity index is 765. The minimum absolute atomic E-state index is 0.0463. The Labute approximate surface area is 181 Å². The summed E-state index contributed by atoms with van der Waals surface area (Å²) in [6.07, 6.45) is 2.74. The maximum Gasteiger partial charge on any atom is 0.237 e. The van der Waals surface area contributed by atoms with Crippen LogP contribution in [0.3, 0.4) is 0 Å². The topological polar surface area (TPSA) is 66.5 Å². The first-order valence-corrected chi connectivity index (χ1v) is 11.2. The van der Waals surface area contributed by atoms with E-state index >= 15 is 0 Å². The standard InChI is InChI=1S/C25H38N2O3/c1-16(2)8-9-18(5)26-22(28)15-25(6,7)19-10-12-20(13-11-19)27-23(29)14-21(17(3)4)24(27)30/h10-13,16-18,21H,8-9,14-15H2,1-7H3,(H,26,28). The Morgan fingerprint density at radius 3 is 2.17 bits per heavy atom. The number of imide groups is 1. The summed E-state index contributed by atoms with van der Waals surface area (Å²) in [7, 11) is 0. The zero-order valence-electron chi connectivity index (χ0n) is 19.6. The van der Waals surface area contributed by atoms with Gasteiger partial charge in [-0.2, -0.15) is 0 Å². The number of anilines is 1. The highest BCUT2D eigenvalue weighted by Crippen LogP contribution is 2.33. The van der Waals surface area contributed by atoms with E-state index in [0.29, 0.717) is 18.0 Å². The van der Waals surface area contributed by atoms with E-state index in [2.05, 4.69) is 26.1 Å². The fraction of sp³-hybridized carbons (Fsp3) is 0.640. The predicted molar refractivity (Wildman–Crippen MR) is 121 cm³/mol. The van der Waals surface area contributed by atoms with Crippen LogP contribution in [0.2, 0.25) is 0 Å². The van der Waals surface area contributed by atoms with Crippen molar-refractivity contribution in [3.05, 3.63) is 29.8 Å². The van der Waals surface area contributed by atoms with Gasteiger partial charge in [-0.05, 0) is 54.7 Å². The predicted octanol–water partition coefficient (Wildman–Crippen LogP) is 4.83. The number of nitrogens with one attached hydrogen (secondary N) is 1. The SMILES string of the molecule is CC(C)CCC(C)NC(=O)CC(C)(C)c1ccc(N2C(=O)CC(C(C)C)C2=O)cc1. The molecule has 2 atom stereocenters. The zero-order chi connectivity index (χ0) is 22.6. The van der Waals surface area contributed by atoms with Crippen molar-refractivity contribution in [2.24, 2.45) is 17.8 Å². The van der Waals surface area contributed by atoms with E-state index in [1.54, 1.807) is 0 Å². The number of nitrogens with zero attached hydrogens (tertiary/aromatic N) is 1. The molecule has 166 valence electrons. The van der Waals surface area contributed by atoms with Gasteiger partial charge in [0.05, 0.1) is 11.6 Å². The summed E-state index contributed by atoms with van der Waals surface area (Å²) in [5, 5.41) is 3.11. The average Bonchev–Trinajstić information content (AvgIpc) is 2.94. The maximum absolute atomic E-state index is 12.6. The molecule has 0 saturated carbocycles. The van der Waals surface area contributed by atoms with E-state index in [0.717, 1.165) is 18.4 Å². The van der Waals surface area contributed by atoms with Gasteiger partial charge < -0.3 is 5.32 Å². The number of hydrogen-bond acceptors (Lipinski definition) is 3. The van der Waals surface area contributed by atoms with E-state index < -0.39 is 0 Å². The third-order valence-electron chi connectivity index (χ3n) is 6.08. The average molecular weight is 415 g/mol. The van der Waals surface area contributed by atoms with Gasteiger partial charge in [-0.25, -0.2) is 0 Å². The molecule has 1 fully saturated rings. The molecule has 5 nitrogen and oxygen atoms in total. The molecule has 1 saturated heterocycles. The molecule has 1 aliphatic heterocycles. The number of amides is 3. The van der Waals surface area contributed by atoms with Crippen LogP contribution in [0.1, 0.15) is 79.7 Å². The van der Waals surface area contributed by atoms with Gasteiger partial charge in [0.15, 0.2) is 0 Å². The fourth-order valence-corrected chi connectivity index (χ4v) is 3.99. The molecule has 2 unspecified atom stereocenters. The van der Waals surface area contributed by atoms with Crippen molar-refractivity contribution in [2.45, 2.75) is 85.6 Å². The molecule has 0 bridgehead atoms. The Balaban J connectivity index is 2.03. The van der Waals surface area contributed by atoms with E-state index in [1.165, 1.54) is 4.90 Å². The summed E-state index contributed by atoms with van der Waals surface area (Å²) in [5.74, 6) is 0.327. The molecule has 0 spiro atoms. The molecule has 1 aliphatic rings. The van der Waals surface area contributed by atoms with Crippen LogP contribution in [0.4, 0.5) is 5.69 Å². The quantitative estimate of drug-likeness (QED) is 0.589. The number of rotatable bonds is 9. The second kappa shape index (κ2) is 9.76. The molecule has 2 rings (SSSR count). The van der Waals surface area contributed by atoms with Gasteiger partial charge in [-0.3, -0.25) is 19.3 Å². The molecule has 1 aromatic rings. The first kappa shape index (κ1) is 24.1. The summed E-state index contributed by atoms with van der Waals surface area (Å²) < 4.78 is 0. The molecule has 5 heteroatoms. The number of benzene rings is 1. The number of carbonyl (C=O) groups excluding carboxylic acids is 3. The van der Waals surface area contributed by atoms with Crippen molar-refractivity contribution in [1.29, 1.82) is 0 Å². The van der Waals surface area contributed by atoms with E-state index in [9.17, 15) is 14.4 Å². The summed E-state index contributed by atoms with van der Waals surface area (Å²) in [6, 6.07) is 7.65. The van der Waals surface area contributed by atoms with Crippen molar-refractivity contribution >= 4 is 23.4 Å². The first-order chi connectivity index (χ1) is 13.9.